The highest BCUT2D eigenvalue weighted by atomic mass is 32.1. The molecule has 0 radical (unpaired) electrons. The summed E-state index contributed by atoms with van der Waals surface area (Å²) in [6.45, 7) is 0. The van der Waals surface area contributed by atoms with E-state index in [9.17, 15) is 4.79 Å². The first-order chi connectivity index (χ1) is 11.7. The van der Waals surface area contributed by atoms with Gasteiger partial charge in [0.05, 0.1) is 24.4 Å². The van der Waals surface area contributed by atoms with E-state index in [0.29, 0.717) is 22.0 Å². The molecule has 3 aromatic rings. The minimum Gasteiger partial charge on any atom is -0.497 e. The third-order valence-corrected chi connectivity index (χ3v) is 4.14. The molecule has 0 aliphatic heterocycles. The maximum atomic E-state index is 12.2. The molecule has 0 aliphatic carbocycles. The molecule has 24 heavy (non-hydrogen) atoms. The molecule has 0 saturated heterocycles. The second-order valence-corrected chi connectivity index (χ2v) is 5.77. The molecule has 3 rings (SSSR count). The minimum atomic E-state index is -0.224. The zero-order chi connectivity index (χ0) is 16.9. The topological polar surface area (TPSA) is 75.0 Å². The van der Waals surface area contributed by atoms with Gasteiger partial charge in [0.1, 0.15) is 5.75 Å². The third-order valence-electron chi connectivity index (χ3n) is 3.39. The highest BCUT2D eigenvalue weighted by molar-refractivity contribution is 7.14. The van der Waals surface area contributed by atoms with Crippen molar-refractivity contribution in [1.82, 2.24) is 4.98 Å². The molecule has 0 saturated carbocycles. The smallest absolute Gasteiger partial charge is 0.257 e. The van der Waals surface area contributed by atoms with Gasteiger partial charge >= 0.3 is 0 Å². The number of amides is 1. The Morgan fingerprint density at radius 2 is 1.88 bits per heavy atom. The lowest BCUT2D eigenvalue weighted by atomic mass is 10.1. The van der Waals surface area contributed by atoms with Gasteiger partial charge in [0.2, 0.25) is 0 Å². The Bertz CT molecular complexity index is 893. The average Bonchev–Trinajstić information content (AvgIpc) is 3.10. The van der Waals surface area contributed by atoms with Crippen LogP contribution >= 0.6 is 11.3 Å². The molecule has 0 bridgehead atoms. The zero-order valence-electron chi connectivity index (χ0n) is 12.8. The molecule has 0 unspecified atom stereocenters. The molecule has 5 nitrogen and oxygen atoms in total. The van der Waals surface area contributed by atoms with E-state index in [1.807, 2.05) is 17.5 Å². The van der Waals surface area contributed by atoms with Crippen molar-refractivity contribution in [3.05, 3.63) is 65.0 Å². The van der Waals surface area contributed by atoms with Gasteiger partial charge in [0.15, 0.2) is 5.13 Å². The minimum absolute atomic E-state index is 0.224. The van der Waals surface area contributed by atoms with Crippen LogP contribution in [0.25, 0.3) is 11.3 Å². The predicted molar refractivity (Wildman–Crippen MR) is 93.2 cm³/mol. The van der Waals surface area contributed by atoms with E-state index in [1.54, 1.807) is 43.5 Å². The van der Waals surface area contributed by atoms with E-state index in [4.69, 9.17) is 10.00 Å². The fraction of sp³-hybridized carbons (Fsp3) is 0.0556. The van der Waals surface area contributed by atoms with Gasteiger partial charge in [-0.15, -0.1) is 11.3 Å². The van der Waals surface area contributed by atoms with E-state index in [2.05, 4.69) is 16.4 Å². The van der Waals surface area contributed by atoms with Gasteiger partial charge < -0.3 is 4.74 Å². The number of hydrogen-bond donors (Lipinski definition) is 1. The average molecular weight is 335 g/mol. The van der Waals surface area contributed by atoms with Crippen LogP contribution in [0.4, 0.5) is 5.13 Å². The van der Waals surface area contributed by atoms with E-state index in [-0.39, 0.29) is 5.91 Å². The summed E-state index contributed by atoms with van der Waals surface area (Å²) in [7, 11) is 1.58. The number of methoxy groups -OCH3 is 1. The zero-order valence-corrected chi connectivity index (χ0v) is 13.6. The van der Waals surface area contributed by atoms with Gasteiger partial charge in [-0.1, -0.05) is 12.1 Å². The molecule has 6 heteroatoms. The number of ether oxygens (including phenoxy) is 1. The number of aromatic nitrogens is 1. The largest absolute Gasteiger partial charge is 0.497 e. The van der Waals surface area contributed by atoms with E-state index in [1.165, 1.54) is 11.3 Å². The molecular weight excluding hydrogens is 322 g/mol. The SMILES string of the molecule is COc1ccc(C(=O)Nc2nc(-c3ccc(C#N)cc3)cs2)cc1. The molecule has 1 amide bonds. The number of rotatable bonds is 4. The van der Waals surface area contributed by atoms with Crippen LogP contribution in [0.3, 0.4) is 0 Å². The van der Waals surface area contributed by atoms with Gasteiger partial charge in [-0.05, 0) is 36.4 Å². The molecule has 0 spiro atoms. The summed E-state index contributed by atoms with van der Waals surface area (Å²) in [5.41, 5.74) is 2.79. The van der Waals surface area contributed by atoms with Crippen LogP contribution in [0, 0.1) is 11.3 Å². The van der Waals surface area contributed by atoms with Crippen LogP contribution in [-0.4, -0.2) is 18.0 Å². The van der Waals surface area contributed by atoms with E-state index in [0.717, 1.165) is 11.3 Å². The van der Waals surface area contributed by atoms with Crippen molar-refractivity contribution < 1.29 is 9.53 Å². The normalized spacial score (nSPS) is 10.0. The van der Waals surface area contributed by atoms with Crippen molar-refractivity contribution in [2.24, 2.45) is 0 Å². The van der Waals surface area contributed by atoms with Crippen LogP contribution in [0.1, 0.15) is 15.9 Å². The lowest BCUT2D eigenvalue weighted by molar-refractivity contribution is 0.102. The van der Waals surface area contributed by atoms with Crippen molar-refractivity contribution in [2.75, 3.05) is 12.4 Å². The lowest BCUT2D eigenvalue weighted by Crippen LogP contribution is -2.11. The van der Waals surface area contributed by atoms with E-state index >= 15 is 0 Å². The number of thiazole rings is 1. The number of anilines is 1. The number of benzene rings is 2. The van der Waals surface area contributed by atoms with Gasteiger partial charge in [0, 0.05) is 16.5 Å². The molecule has 1 heterocycles. The van der Waals surface area contributed by atoms with E-state index < -0.39 is 0 Å². The van der Waals surface area contributed by atoms with Crippen molar-refractivity contribution in [1.29, 1.82) is 5.26 Å². The summed E-state index contributed by atoms with van der Waals surface area (Å²) in [6.07, 6.45) is 0. The predicted octanol–water partition coefficient (Wildman–Crippen LogP) is 3.94. The Morgan fingerprint density at radius 3 is 2.50 bits per heavy atom. The molecule has 118 valence electrons. The Labute approximate surface area is 143 Å². The van der Waals surface area contributed by atoms with Gasteiger partial charge in [0.25, 0.3) is 5.91 Å². The van der Waals surface area contributed by atoms with Crippen molar-refractivity contribution in [2.45, 2.75) is 0 Å². The van der Waals surface area contributed by atoms with Crippen molar-refractivity contribution in [3.63, 3.8) is 0 Å². The fourth-order valence-electron chi connectivity index (χ4n) is 2.09. The molecule has 0 aliphatic rings. The molecule has 2 aromatic carbocycles. The third kappa shape index (κ3) is 3.42. The second kappa shape index (κ2) is 6.94. The highest BCUT2D eigenvalue weighted by Crippen LogP contribution is 2.25. The first-order valence-electron chi connectivity index (χ1n) is 7.11. The molecule has 1 aromatic heterocycles. The molecule has 0 atom stereocenters. The Morgan fingerprint density at radius 1 is 1.17 bits per heavy atom. The fourth-order valence-corrected chi connectivity index (χ4v) is 2.81. The van der Waals surface area contributed by atoms with Gasteiger partial charge in [-0.25, -0.2) is 4.98 Å². The maximum absolute atomic E-state index is 12.2. The summed E-state index contributed by atoms with van der Waals surface area (Å²) < 4.78 is 5.07. The van der Waals surface area contributed by atoms with Crippen LogP contribution in [0.2, 0.25) is 0 Å². The first-order valence-corrected chi connectivity index (χ1v) is 7.99. The highest BCUT2D eigenvalue weighted by Gasteiger charge is 2.10. The van der Waals surface area contributed by atoms with Gasteiger partial charge in [-0.2, -0.15) is 5.26 Å². The summed E-state index contributed by atoms with van der Waals surface area (Å²) in [5.74, 6) is 0.474. The first kappa shape index (κ1) is 15.7. The Balaban J connectivity index is 1.73. The van der Waals surface area contributed by atoms with Crippen molar-refractivity contribution >= 4 is 22.4 Å². The summed E-state index contributed by atoms with van der Waals surface area (Å²) in [5, 5.41) is 14.0. The van der Waals surface area contributed by atoms with Crippen LogP contribution in [0.15, 0.2) is 53.9 Å². The van der Waals surface area contributed by atoms with Crippen molar-refractivity contribution in [3.8, 4) is 23.1 Å². The number of nitriles is 1. The van der Waals surface area contributed by atoms with Crippen LogP contribution < -0.4 is 10.1 Å². The standard InChI is InChI=1S/C18H13N3O2S/c1-23-15-8-6-14(7-9-15)17(22)21-18-20-16(11-24-18)13-4-2-12(10-19)3-5-13/h2-9,11H,1H3,(H,20,21,22). The number of carbonyl (C=O) groups is 1. The second-order valence-electron chi connectivity index (χ2n) is 4.91. The molecule has 0 fully saturated rings. The number of nitrogens with zero attached hydrogens (tertiary/aromatic N) is 2. The quantitative estimate of drug-likeness (QED) is 0.783. The molecular formula is C18H13N3O2S. The number of hydrogen-bond acceptors (Lipinski definition) is 5. The number of nitrogens with one attached hydrogen (secondary N) is 1. The monoisotopic (exact) mass is 335 g/mol. The summed E-state index contributed by atoms with van der Waals surface area (Å²) in [6, 6.07) is 16.1. The summed E-state index contributed by atoms with van der Waals surface area (Å²) >= 11 is 1.35. The van der Waals surface area contributed by atoms with Crippen LogP contribution in [-0.2, 0) is 0 Å². The Kier molecular flexibility index (Phi) is 4.54. The maximum Gasteiger partial charge on any atom is 0.257 e. The lowest BCUT2D eigenvalue weighted by Gasteiger charge is -2.03. The van der Waals surface area contributed by atoms with Gasteiger partial charge in [-0.3, -0.25) is 10.1 Å². The summed E-state index contributed by atoms with van der Waals surface area (Å²) in [4.78, 5) is 16.6. The Hall–Kier alpha value is -3.17. The molecule has 1 N–H and O–H groups in total. The number of carbonyl (C=O) groups excluding carboxylic acids is 1. The van der Waals surface area contributed by atoms with Crippen LogP contribution in [0.5, 0.6) is 5.75 Å².